The van der Waals surface area contributed by atoms with Crippen LogP contribution in [0.25, 0.3) is 0 Å². The highest BCUT2D eigenvalue weighted by Crippen LogP contribution is 2.21. The number of hydrogen-bond acceptors (Lipinski definition) is 3. The molecule has 0 unspecified atom stereocenters. The van der Waals surface area contributed by atoms with Gasteiger partial charge in [0.05, 0.1) is 9.26 Å². The fourth-order valence-electron chi connectivity index (χ4n) is 1.69. The molecule has 5 heteroatoms. The fraction of sp³-hybridized carbons (Fsp3) is 0.231. The Morgan fingerprint density at radius 2 is 2.00 bits per heavy atom. The van der Waals surface area contributed by atoms with Gasteiger partial charge in [0.2, 0.25) is 0 Å². The first-order valence-corrected chi connectivity index (χ1v) is 7.53. The molecule has 3 nitrogen and oxygen atoms in total. The number of aryl methyl sites for hydroxylation is 1. The number of aromatic nitrogens is 2. The van der Waals surface area contributed by atoms with E-state index >= 15 is 0 Å². The Balaban J connectivity index is 2.36. The van der Waals surface area contributed by atoms with Gasteiger partial charge in [0.25, 0.3) is 0 Å². The van der Waals surface area contributed by atoms with E-state index in [0.717, 1.165) is 26.0 Å². The van der Waals surface area contributed by atoms with Crippen molar-refractivity contribution in [1.29, 1.82) is 0 Å². The average molecular weight is 418 g/mol. The summed E-state index contributed by atoms with van der Waals surface area (Å²) in [5, 5.41) is 0. The summed E-state index contributed by atoms with van der Waals surface area (Å²) in [5.74, 6) is 1.35. The maximum atomic E-state index is 5.92. The number of nitrogens with two attached hydrogens (primary N) is 1. The molecule has 2 rings (SSSR count). The summed E-state index contributed by atoms with van der Waals surface area (Å²) in [6, 6.07) is 8.09. The first-order valence-electron chi connectivity index (χ1n) is 5.66. The number of nitrogens with zero attached hydrogens (tertiary/aromatic N) is 2. The Hall–Kier alpha value is -0.690. The molecule has 1 aromatic carbocycles. The third-order valence-corrected chi connectivity index (χ3v) is 4.58. The second-order valence-corrected chi connectivity index (χ2v) is 5.84. The predicted octanol–water partition coefficient (Wildman–Crippen LogP) is 3.58. The van der Waals surface area contributed by atoms with Crippen molar-refractivity contribution < 1.29 is 0 Å². The van der Waals surface area contributed by atoms with E-state index in [1.54, 1.807) is 0 Å². The first-order chi connectivity index (χ1) is 8.61. The lowest BCUT2D eigenvalue weighted by Crippen LogP contribution is -2.07. The SMILES string of the molecule is CCc1nc(Cc2ccccc2Br)nc(N)c1I. The van der Waals surface area contributed by atoms with Gasteiger partial charge < -0.3 is 5.73 Å². The molecule has 0 aliphatic heterocycles. The van der Waals surface area contributed by atoms with E-state index in [0.29, 0.717) is 12.2 Å². The molecule has 0 bridgehead atoms. The van der Waals surface area contributed by atoms with Crippen molar-refractivity contribution in [3.05, 3.63) is 49.4 Å². The molecule has 1 aromatic heterocycles. The van der Waals surface area contributed by atoms with Crippen molar-refractivity contribution in [2.24, 2.45) is 0 Å². The van der Waals surface area contributed by atoms with Crippen molar-refractivity contribution in [2.45, 2.75) is 19.8 Å². The van der Waals surface area contributed by atoms with Crippen molar-refractivity contribution >= 4 is 44.3 Å². The van der Waals surface area contributed by atoms with Crippen LogP contribution in [0.15, 0.2) is 28.7 Å². The van der Waals surface area contributed by atoms with Crippen molar-refractivity contribution in [3.8, 4) is 0 Å². The highest BCUT2D eigenvalue weighted by Gasteiger charge is 2.10. The number of anilines is 1. The van der Waals surface area contributed by atoms with Gasteiger partial charge in [-0.25, -0.2) is 9.97 Å². The Bertz CT molecular complexity index is 572. The smallest absolute Gasteiger partial charge is 0.140 e. The van der Waals surface area contributed by atoms with Crippen LogP contribution < -0.4 is 5.73 Å². The standard InChI is InChI=1S/C13H13BrIN3/c1-2-10-12(15)13(16)18-11(17-10)7-8-5-3-4-6-9(8)14/h3-6H,2,7H2,1H3,(H2,16,17,18). The lowest BCUT2D eigenvalue weighted by atomic mass is 10.1. The molecule has 0 aliphatic rings. The third kappa shape index (κ3) is 3.00. The molecular formula is C13H13BrIN3. The number of hydrogen-bond donors (Lipinski definition) is 1. The van der Waals surface area contributed by atoms with Gasteiger partial charge in [-0.3, -0.25) is 0 Å². The zero-order valence-corrected chi connectivity index (χ0v) is 13.7. The van der Waals surface area contributed by atoms with Gasteiger partial charge in [-0.2, -0.15) is 0 Å². The Labute approximate surface area is 128 Å². The molecular weight excluding hydrogens is 405 g/mol. The van der Waals surface area contributed by atoms with Crippen LogP contribution in [0.1, 0.15) is 24.0 Å². The van der Waals surface area contributed by atoms with Crippen molar-refractivity contribution in [3.63, 3.8) is 0 Å². The fourth-order valence-corrected chi connectivity index (χ4v) is 2.74. The summed E-state index contributed by atoms with van der Waals surface area (Å²) < 4.78 is 2.04. The van der Waals surface area contributed by atoms with Crippen LogP contribution in [-0.2, 0) is 12.8 Å². The molecule has 0 amide bonds. The minimum atomic E-state index is 0.574. The molecule has 94 valence electrons. The van der Waals surface area contributed by atoms with E-state index in [4.69, 9.17) is 5.73 Å². The maximum Gasteiger partial charge on any atom is 0.140 e. The van der Waals surface area contributed by atoms with Gasteiger partial charge in [0, 0.05) is 10.9 Å². The summed E-state index contributed by atoms with van der Waals surface area (Å²) in [4.78, 5) is 8.92. The zero-order chi connectivity index (χ0) is 13.1. The summed E-state index contributed by atoms with van der Waals surface area (Å²) >= 11 is 5.73. The highest BCUT2D eigenvalue weighted by atomic mass is 127. The van der Waals surface area contributed by atoms with E-state index in [-0.39, 0.29) is 0 Å². The summed E-state index contributed by atoms with van der Waals surface area (Å²) in [6.07, 6.45) is 1.56. The Morgan fingerprint density at radius 3 is 2.67 bits per heavy atom. The van der Waals surface area contributed by atoms with E-state index in [1.165, 1.54) is 5.56 Å². The van der Waals surface area contributed by atoms with Gasteiger partial charge in [0.1, 0.15) is 11.6 Å². The Kier molecular flexibility index (Phi) is 4.55. The predicted molar refractivity (Wildman–Crippen MR) is 85.5 cm³/mol. The van der Waals surface area contributed by atoms with Gasteiger partial charge in [0.15, 0.2) is 0 Å². The number of nitrogen functional groups attached to an aromatic ring is 1. The van der Waals surface area contributed by atoms with E-state index in [2.05, 4.69) is 61.5 Å². The summed E-state index contributed by atoms with van der Waals surface area (Å²) in [5.41, 5.74) is 8.10. The molecule has 0 atom stereocenters. The molecule has 18 heavy (non-hydrogen) atoms. The second-order valence-electron chi connectivity index (χ2n) is 3.91. The number of halogens is 2. The van der Waals surface area contributed by atoms with E-state index in [9.17, 15) is 0 Å². The van der Waals surface area contributed by atoms with Crippen LogP contribution in [0.2, 0.25) is 0 Å². The molecule has 0 fully saturated rings. The zero-order valence-electron chi connectivity index (χ0n) is 9.95. The maximum absolute atomic E-state index is 5.92. The number of rotatable bonds is 3. The molecule has 0 saturated heterocycles. The molecule has 0 spiro atoms. The molecule has 2 N–H and O–H groups in total. The van der Waals surface area contributed by atoms with Crippen LogP contribution in [0.3, 0.4) is 0 Å². The normalized spacial score (nSPS) is 10.6. The van der Waals surface area contributed by atoms with Crippen LogP contribution >= 0.6 is 38.5 Å². The van der Waals surface area contributed by atoms with Crippen LogP contribution in [0, 0.1) is 3.57 Å². The van der Waals surface area contributed by atoms with Crippen molar-refractivity contribution in [2.75, 3.05) is 5.73 Å². The molecule has 0 saturated carbocycles. The van der Waals surface area contributed by atoms with Crippen LogP contribution in [0.4, 0.5) is 5.82 Å². The lowest BCUT2D eigenvalue weighted by molar-refractivity contribution is 0.899. The van der Waals surface area contributed by atoms with Gasteiger partial charge >= 0.3 is 0 Å². The molecule has 0 aliphatic carbocycles. The minimum absolute atomic E-state index is 0.574. The lowest BCUT2D eigenvalue weighted by Gasteiger charge is -2.08. The summed E-state index contributed by atoms with van der Waals surface area (Å²) in [7, 11) is 0. The molecule has 0 radical (unpaired) electrons. The molecule has 2 aromatic rings. The molecule has 1 heterocycles. The minimum Gasteiger partial charge on any atom is -0.383 e. The monoisotopic (exact) mass is 417 g/mol. The Morgan fingerprint density at radius 1 is 1.28 bits per heavy atom. The van der Waals surface area contributed by atoms with Crippen LogP contribution in [-0.4, -0.2) is 9.97 Å². The average Bonchev–Trinajstić information content (AvgIpc) is 2.36. The third-order valence-electron chi connectivity index (χ3n) is 2.63. The largest absolute Gasteiger partial charge is 0.383 e. The van der Waals surface area contributed by atoms with Gasteiger partial charge in [-0.1, -0.05) is 41.1 Å². The topological polar surface area (TPSA) is 51.8 Å². The van der Waals surface area contributed by atoms with Crippen molar-refractivity contribution in [1.82, 2.24) is 9.97 Å². The van der Waals surface area contributed by atoms with Gasteiger partial charge in [-0.15, -0.1) is 0 Å². The first kappa shape index (κ1) is 13.7. The quantitative estimate of drug-likeness (QED) is 0.776. The number of benzene rings is 1. The van der Waals surface area contributed by atoms with E-state index < -0.39 is 0 Å². The highest BCUT2D eigenvalue weighted by molar-refractivity contribution is 14.1. The van der Waals surface area contributed by atoms with E-state index in [1.807, 2.05) is 18.2 Å². The van der Waals surface area contributed by atoms with Gasteiger partial charge in [-0.05, 0) is 40.6 Å². The summed E-state index contributed by atoms with van der Waals surface area (Å²) in [6.45, 7) is 2.08. The second kappa shape index (κ2) is 5.97. The van der Waals surface area contributed by atoms with Crippen LogP contribution in [0.5, 0.6) is 0 Å².